The predicted molar refractivity (Wildman–Crippen MR) is 148 cm³/mol. The Labute approximate surface area is 227 Å². The minimum atomic E-state index is -0.619. The van der Waals surface area contributed by atoms with Gasteiger partial charge >= 0.3 is 5.97 Å². The maximum atomic E-state index is 13.4. The van der Waals surface area contributed by atoms with Crippen LogP contribution in [0.3, 0.4) is 0 Å². The molecule has 38 heavy (non-hydrogen) atoms. The van der Waals surface area contributed by atoms with Gasteiger partial charge in [-0.05, 0) is 56.9 Å². The first kappa shape index (κ1) is 29.6. The number of esters is 1. The smallest absolute Gasteiger partial charge is 0.309 e. The first-order valence-electron chi connectivity index (χ1n) is 14.1. The third-order valence-corrected chi connectivity index (χ3v) is 7.97. The summed E-state index contributed by atoms with van der Waals surface area (Å²) in [6, 6.07) is 9.74. The van der Waals surface area contributed by atoms with Gasteiger partial charge in [-0.3, -0.25) is 14.4 Å². The van der Waals surface area contributed by atoms with E-state index < -0.39 is 11.5 Å². The van der Waals surface area contributed by atoms with Crippen molar-refractivity contribution in [1.82, 2.24) is 10.2 Å². The molecule has 1 saturated carbocycles. The zero-order valence-electron chi connectivity index (χ0n) is 22.6. The third kappa shape index (κ3) is 8.29. The average molecular weight is 525 g/mol. The van der Waals surface area contributed by atoms with Gasteiger partial charge in [0.25, 0.3) is 0 Å². The largest absolute Gasteiger partial charge is 0.463 e. The molecule has 1 aliphatic carbocycles. The van der Waals surface area contributed by atoms with Crippen LogP contribution in [-0.2, 0) is 25.5 Å². The summed E-state index contributed by atoms with van der Waals surface area (Å²) in [6.07, 6.45) is 10.9. The van der Waals surface area contributed by atoms with Crippen molar-refractivity contribution in [1.29, 1.82) is 0 Å². The van der Waals surface area contributed by atoms with Crippen LogP contribution in [0.5, 0.6) is 0 Å². The van der Waals surface area contributed by atoms with Gasteiger partial charge in [0.15, 0.2) is 0 Å². The van der Waals surface area contributed by atoms with Gasteiger partial charge < -0.3 is 20.1 Å². The van der Waals surface area contributed by atoms with Crippen LogP contribution in [0.2, 0.25) is 0 Å². The molecule has 2 amide bonds. The van der Waals surface area contributed by atoms with Crippen molar-refractivity contribution in [2.75, 3.05) is 19.8 Å². The maximum Gasteiger partial charge on any atom is 0.309 e. The number of likely N-dealkylation sites (tertiary alicyclic amines) is 1. The summed E-state index contributed by atoms with van der Waals surface area (Å²) in [5, 5.41) is 12.8. The third-order valence-electron chi connectivity index (χ3n) is 7.97. The fourth-order valence-corrected chi connectivity index (χ4v) is 5.73. The van der Waals surface area contributed by atoms with Crippen molar-refractivity contribution < 1.29 is 24.2 Å². The van der Waals surface area contributed by atoms with Gasteiger partial charge in [0.05, 0.1) is 30.0 Å². The van der Waals surface area contributed by atoms with Crippen LogP contribution < -0.4 is 5.32 Å². The number of nitrogens with one attached hydrogen (secondary N) is 1. The van der Waals surface area contributed by atoms with E-state index in [1.54, 1.807) is 11.0 Å². The second-order valence-corrected chi connectivity index (χ2v) is 10.8. The molecule has 0 bridgehead atoms. The van der Waals surface area contributed by atoms with Crippen LogP contribution in [-0.4, -0.2) is 59.1 Å². The molecule has 2 aliphatic rings. The molecule has 0 unspecified atom stereocenters. The fraction of sp³-hybridized carbons (Fsp3) is 0.581. The number of hydrogen-bond donors (Lipinski definition) is 2. The van der Waals surface area contributed by atoms with Crippen molar-refractivity contribution in [3.05, 3.63) is 61.2 Å². The van der Waals surface area contributed by atoms with Crippen LogP contribution >= 0.6 is 0 Å². The number of aliphatic hydroxyl groups is 1. The van der Waals surface area contributed by atoms with Gasteiger partial charge in [-0.25, -0.2) is 0 Å². The molecule has 208 valence electrons. The summed E-state index contributed by atoms with van der Waals surface area (Å²) in [5.41, 5.74) is 0.465. The summed E-state index contributed by atoms with van der Waals surface area (Å²) in [7, 11) is 0. The number of amides is 2. The highest BCUT2D eigenvalue weighted by atomic mass is 16.5. The van der Waals surface area contributed by atoms with Gasteiger partial charge in [0, 0.05) is 13.0 Å². The number of benzene rings is 1. The van der Waals surface area contributed by atoms with E-state index in [0.717, 1.165) is 50.5 Å². The minimum absolute atomic E-state index is 0.0589. The summed E-state index contributed by atoms with van der Waals surface area (Å²) >= 11 is 0. The number of hydrogen-bond acceptors (Lipinski definition) is 5. The van der Waals surface area contributed by atoms with Crippen LogP contribution in [0.4, 0.5) is 0 Å². The summed E-state index contributed by atoms with van der Waals surface area (Å²) < 4.78 is 5.88. The van der Waals surface area contributed by atoms with Gasteiger partial charge in [0.1, 0.15) is 6.61 Å². The Hall–Kier alpha value is -2.93. The molecule has 1 aromatic rings. The van der Waals surface area contributed by atoms with Gasteiger partial charge in [-0.2, -0.15) is 0 Å². The van der Waals surface area contributed by atoms with Crippen LogP contribution in [0.25, 0.3) is 0 Å². The Kier molecular flexibility index (Phi) is 11.6. The Morgan fingerprint density at radius 1 is 1.11 bits per heavy atom. The predicted octanol–water partition coefficient (Wildman–Crippen LogP) is 4.35. The highest BCUT2D eigenvalue weighted by Gasteiger charge is 2.39. The van der Waals surface area contributed by atoms with E-state index in [2.05, 4.69) is 18.5 Å². The molecule has 1 saturated heterocycles. The highest BCUT2D eigenvalue weighted by Crippen LogP contribution is 2.32. The van der Waals surface area contributed by atoms with Gasteiger partial charge in [0.2, 0.25) is 11.8 Å². The first-order chi connectivity index (χ1) is 18.4. The van der Waals surface area contributed by atoms with Crippen molar-refractivity contribution in [3.8, 4) is 0 Å². The molecule has 2 N–H and O–H groups in total. The van der Waals surface area contributed by atoms with E-state index in [0.29, 0.717) is 25.8 Å². The molecule has 1 aromatic carbocycles. The number of allylic oxidation sites excluding steroid dienone is 2. The van der Waals surface area contributed by atoms with Crippen LogP contribution in [0.1, 0.15) is 69.8 Å². The lowest BCUT2D eigenvalue weighted by atomic mass is 9.93. The minimum Gasteiger partial charge on any atom is -0.463 e. The summed E-state index contributed by atoms with van der Waals surface area (Å²) in [6.45, 7) is 8.26. The van der Waals surface area contributed by atoms with E-state index in [9.17, 15) is 19.5 Å². The first-order valence-corrected chi connectivity index (χ1v) is 14.1. The van der Waals surface area contributed by atoms with E-state index in [-0.39, 0.29) is 49.4 Å². The molecular weight excluding hydrogens is 480 g/mol. The van der Waals surface area contributed by atoms with Crippen molar-refractivity contribution in [3.63, 3.8) is 0 Å². The lowest BCUT2D eigenvalue weighted by Crippen LogP contribution is -2.53. The second kappa shape index (κ2) is 14.9. The summed E-state index contributed by atoms with van der Waals surface area (Å²) in [5.74, 6) is -1.40. The Bertz CT molecular complexity index is 941. The van der Waals surface area contributed by atoms with Crippen LogP contribution in [0, 0.1) is 11.8 Å². The zero-order chi connectivity index (χ0) is 27.4. The summed E-state index contributed by atoms with van der Waals surface area (Å²) in [4.78, 5) is 41.3. The molecule has 3 rings (SSSR count). The highest BCUT2D eigenvalue weighted by molar-refractivity contribution is 5.86. The number of carbonyl (C=O) groups excluding carboxylic acids is 3. The van der Waals surface area contributed by atoms with Crippen molar-refractivity contribution >= 4 is 17.8 Å². The molecular formula is C31H44N2O5. The van der Waals surface area contributed by atoms with E-state index in [1.165, 1.54) is 0 Å². The Morgan fingerprint density at radius 3 is 2.50 bits per heavy atom. The fourth-order valence-electron chi connectivity index (χ4n) is 5.73. The Balaban J connectivity index is 1.63. The zero-order valence-corrected chi connectivity index (χ0v) is 22.6. The van der Waals surface area contributed by atoms with E-state index >= 15 is 0 Å². The second-order valence-electron chi connectivity index (χ2n) is 10.8. The normalized spacial score (nSPS) is 19.9. The molecule has 1 aliphatic heterocycles. The molecule has 1 heterocycles. The molecule has 0 aromatic heterocycles. The molecule has 7 heteroatoms. The van der Waals surface area contributed by atoms with Crippen molar-refractivity contribution in [2.45, 2.75) is 82.2 Å². The lowest BCUT2D eigenvalue weighted by molar-refractivity contribution is -0.152. The number of rotatable bonds is 15. The van der Waals surface area contributed by atoms with Gasteiger partial charge in [-0.15, -0.1) is 13.2 Å². The molecule has 2 fully saturated rings. The molecule has 0 spiro atoms. The average Bonchev–Trinajstić information content (AvgIpc) is 3.60. The molecule has 3 atom stereocenters. The monoisotopic (exact) mass is 524 g/mol. The number of aliphatic hydroxyl groups excluding tert-OH is 1. The number of carbonyl (C=O) groups is 3. The van der Waals surface area contributed by atoms with Gasteiger partial charge in [-0.1, -0.05) is 55.3 Å². The number of ether oxygens (including phenoxy) is 1. The quantitative estimate of drug-likeness (QED) is 0.263. The topological polar surface area (TPSA) is 95.9 Å². The van der Waals surface area contributed by atoms with Crippen LogP contribution in [0.15, 0.2) is 55.6 Å². The number of nitrogens with zero attached hydrogens (tertiary/aromatic N) is 1. The molecule has 0 radical (unpaired) electrons. The van der Waals surface area contributed by atoms with E-state index in [4.69, 9.17) is 4.74 Å². The molecule has 7 nitrogen and oxygen atoms in total. The standard InChI is InChI=1S/C31H44N2O5/c1-3-5-15-26(20-24-13-7-6-8-14-24)30(37)38-23-31(17-9-10-18-31)32-29(36)25(12-4-2)21-28(35)33-19-11-16-27(33)22-34/h3-4,6-8,13-14,25-27,34H,1-2,5,9-12,15-23H2,(H,32,36)/t25-,26-,27+/m1/s1. The van der Waals surface area contributed by atoms with E-state index in [1.807, 2.05) is 36.4 Å². The maximum absolute atomic E-state index is 13.4. The van der Waals surface area contributed by atoms with Crippen molar-refractivity contribution in [2.24, 2.45) is 11.8 Å². The SMILES string of the molecule is C=CCC[C@H](Cc1ccccc1)C(=O)OCC1(NC(=O)[C@H](CC=C)CC(=O)N2CCC[C@H]2CO)CCCC1. The lowest BCUT2D eigenvalue weighted by Gasteiger charge is -2.32. The Morgan fingerprint density at radius 2 is 1.84 bits per heavy atom.